The summed E-state index contributed by atoms with van der Waals surface area (Å²) in [5, 5.41) is 7.88. The van der Waals surface area contributed by atoms with Gasteiger partial charge in [-0.1, -0.05) is 31.7 Å². The number of amides is 1. The third kappa shape index (κ3) is 6.58. The molecular weight excluding hydrogens is 334 g/mol. The number of carbonyl (C=O) groups excluding carboxylic acids is 1. The van der Waals surface area contributed by atoms with Crippen LogP contribution < -0.4 is 15.4 Å². The van der Waals surface area contributed by atoms with Crippen molar-refractivity contribution in [3.05, 3.63) is 17.5 Å². The fourth-order valence-corrected chi connectivity index (χ4v) is 4.69. The molecular formula is C15H25N3O3S2. The SMILES string of the molecule is O=C(CNS(=O)(=O)c1cccs1)NCCNC1CCCCCC1. The Kier molecular flexibility index (Phi) is 7.48. The number of thiophene rings is 1. The minimum Gasteiger partial charge on any atom is -0.354 e. The Balaban J connectivity index is 1.60. The summed E-state index contributed by atoms with van der Waals surface area (Å²) in [6, 6.07) is 3.73. The number of hydrogen-bond acceptors (Lipinski definition) is 5. The topological polar surface area (TPSA) is 87.3 Å². The van der Waals surface area contributed by atoms with E-state index >= 15 is 0 Å². The molecule has 8 heteroatoms. The summed E-state index contributed by atoms with van der Waals surface area (Å²) in [5.74, 6) is -0.312. The van der Waals surface area contributed by atoms with Crippen molar-refractivity contribution >= 4 is 27.3 Å². The van der Waals surface area contributed by atoms with Gasteiger partial charge < -0.3 is 10.6 Å². The zero-order chi connectivity index (χ0) is 16.5. The van der Waals surface area contributed by atoms with E-state index in [1.807, 2.05) is 0 Å². The summed E-state index contributed by atoms with van der Waals surface area (Å²) >= 11 is 1.13. The van der Waals surface area contributed by atoms with Gasteiger partial charge in [-0.25, -0.2) is 13.1 Å². The first-order chi connectivity index (χ1) is 11.1. The highest BCUT2D eigenvalue weighted by molar-refractivity contribution is 7.91. The molecule has 1 aliphatic rings. The van der Waals surface area contributed by atoms with Crippen molar-refractivity contribution in [3.8, 4) is 0 Å². The van der Waals surface area contributed by atoms with Crippen molar-refractivity contribution in [2.45, 2.75) is 48.8 Å². The van der Waals surface area contributed by atoms with Crippen LogP contribution in [0.4, 0.5) is 0 Å². The predicted molar refractivity (Wildman–Crippen MR) is 92.0 cm³/mol. The third-order valence-corrected chi connectivity index (χ3v) is 6.72. The van der Waals surface area contributed by atoms with Crippen LogP contribution in [-0.2, 0) is 14.8 Å². The second-order valence-electron chi connectivity index (χ2n) is 5.75. The highest BCUT2D eigenvalue weighted by Gasteiger charge is 2.16. The first kappa shape index (κ1) is 18.4. The Morgan fingerprint density at radius 2 is 1.91 bits per heavy atom. The van der Waals surface area contributed by atoms with E-state index in [0.29, 0.717) is 19.1 Å². The summed E-state index contributed by atoms with van der Waals surface area (Å²) in [7, 11) is -3.57. The minimum atomic E-state index is -3.57. The predicted octanol–water partition coefficient (Wildman–Crippen LogP) is 1.45. The van der Waals surface area contributed by atoms with Crippen LogP contribution in [-0.4, -0.2) is 40.0 Å². The summed E-state index contributed by atoms with van der Waals surface area (Å²) in [5.41, 5.74) is 0. The monoisotopic (exact) mass is 359 g/mol. The molecule has 1 aliphatic carbocycles. The molecule has 1 heterocycles. The van der Waals surface area contributed by atoms with Crippen molar-refractivity contribution in [2.24, 2.45) is 0 Å². The molecule has 2 rings (SSSR count). The van der Waals surface area contributed by atoms with Crippen LogP contribution in [0, 0.1) is 0 Å². The second-order valence-corrected chi connectivity index (χ2v) is 8.69. The Bertz CT molecular complexity index is 565. The van der Waals surface area contributed by atoms with Gasteiger partial charge in [-0.15, -0.1) is 11.3 Å². The van der Waals surface area contributed by atoms with Gasteiger partial charge in [-0.2, -0.15) is 0 Å². The molecule has 3 N–H and O–H groups in total. The zero-order valence-electron chi connectivity index (χ0n) is 13.2. The molecule has 23 heavy (non-hydrogen) atoms. The first-order valence-electron chi connectivity index (χ1n) is 8.11. The highest BCUT2D eigenvalue weighted by atomic mass is 32.2. The maximum Gasteiger partial charge on any atom is 0.250 e. The largest absolute Gasteiger partial charge is 0.354 e. The zero-order valence-corrected chi connectivity index (χ0v) is 14.8. The van der Waals surface area contributed by atoms with Gasteiger partial charge in [0.15, 0.2) is 0 Å². The lowest BCUT2D eigenvalue weighted by molar-refractivity contribution is -0.119. The number of carbonyl (C=O) groups is 1. The van der Waals surface area contributed by atoms with Gasteiger partial charge in [0.1, 0.15) is 4.21 Å². The quantitative estimate of drug-likeness (QED) is 0.484. The average Bonchev–Trinajstić information content (AvgIpc) is 2.96. The van der Waals surface area contributed by atoms with Crippen molar-refractivity contribution in [1.82, 2.24) is 15.4 Å². The van der Waals surface area contributed by atoms with E-state index in [-0.39, 0.29) is 16.7 Å². The molecule has 0 unspecified atom stereocenters. The molecule has 0 aromatic carbocycles. The lowest BCUT2D eigenvalue weighted by Crippen LogP contribution is -2.41. The Morgan fingerprint density at radius 1 is 1.17 bits per heavy atom. The average molecular weight is 360 g/mol. The third-order valence-electron chi connectivity index (χ3n) is 3.92. The molecule has 1 saturated carbocycles. The van der Waals surface area contributed by atoms with Crippen LogP contribution in [0.25, 0.3) is 0 Å². The summed E-state index contributed by atoms with van der Waals surface area (Å²) in [6.07, 6.45) is 7.59. The first-order valence-corrected chi connectivity index (χ1v) is 10.5. The molecule has 1 fully saturated rings. The van der Waals surface area contributed by atoms with Gasteiger partial charge in [0.25, 0.3) is 10.0 Å². The molecule has 0 atom stereocenters. The standard InChI is InChI=1S/C15H25N3O3S2/c19-14(12-18-23(20,21)15-8-5-11-22-15)17-10-9-16-13-6-3-1-2-4-7-13/h5,8,11,13,16,18H,1-4,6-7,9-10,12H2,(H,17,19). The molecule has 1 amide bonds. The molecule has 6 nitrogen and oxygen atoms in total. The summed E-state index contributed by atoms with van der Waals surface area (Å²) in [6.45, 7) is 0.994. The van der Waals surface area contributed by atoms with E-state index in [4.69, 9.17) is 0 Å². The van der Waals surface area contributed by atoms with Gasteiger partial charge in [-0.3, -0.25) is 4.79 Å². The highest BCUT2D eigenvalue weighted by Crippen LogP contribution is 2.17. The van der Waals surface area contributed by atoms with E-state index in [9.17, 15) is 13.2 Å². The van der Waals surface area contributed by atoms with Gasteiger partial charge >= 0.3 is 0 Å². The molecule has 0 radical (unpaired) electrons. The van der Waals surface area contributed by atoms with Gasteiger partial charge in [0.2, 0.25) is 5.91 Å². The van der Waals surface area contributed by atoms with Gasteiger partial charge in [-0.05, 0) is 24.3 Å². The number of sulfonamides is 1. The minimum absolute atomic E-state index is 0.223. The smallest absolute Gasteiger partial charge is 0.250 e. The van der Waals surface area contributed by atoms with Gasteiger partial charge in [0, 0.05) is 19.1 Å². The molecule has 1 aromatic rings. The lowest BCUT2D eigenvalue weighted by atomic mass is 10.1. The van der Waals surface area contributed by atoms with Crippen molar-refractivity contribution in [3.63, 3.8) is 0 Å². The molecule has 0 aliphatic heterocycles. The van der Waals surface area contributed by atoms with E-state index in [0.717, 1.165) is 11.3 Å². The molecule has 130 valence electrons. The molecule has 0 bridgehead atoms. The van der Waals surface area contributed by atoms with Gasteiger partial charge in [0.05, 0.1) is 6.54 Å². The number of nitrogens with one attached hydrogen (secondary N) is 3. The van der Waals surface area contributed by atoms with Crippen LogP contribution >= 0.6 is 11.3 Å². The Labute approximate surface area is 142 Å². The maximum absolute atomic E-state index is 11.9. The number of rotatable bonds is 8. The molecule has 1 aromatic heterocycles. The molecule has 0 saturated heterocycles. The normalized spacial score (nSPS) is 16.9. The second kappa shape index (κ2) is 9.36. The van der Waals surface area contributed by atoms with Crippen molar-refractivity contribution in [1.29, 1.82) is 0 Å². The van der Waals surface area contributed by atoms with Crippen LogP contribution in [0.1, 0.15) is 38.5 Å². The lowest BCUT2D eigenvalue weighted by Gasteiger charge is -2.16. The van der Waals surface area contributed by atoms with E-state index < -0.39 is 10.0 Å². The van der Waals surface area contributed by atoms with E-state index in [1.165, 1.54) is 44.6 Å². The van der Waals surface area contributed by atoms with Crippen LogP contribution in [0.3, 0.4) is 0 Å². The Morgan fingerprint density at radius 3 is 2.57 bits per heavy atom. The fraction of sp³-hybridized carbons (Fsp3) is 0.667. The fourth-order valence-electron chi connectivity index (χ4n) is 2.67. The van der Waals surface area contributed by atoms with Crippen molar-refractivity contribution < 1.29 is 13.2 Å². The van der Waals surface area contributed by atoms with E-state index in [1.54, 1.807) is 11.4 Å². The van der Waals surface area contributed by atoms with Crippen molar-refractivity contribution in [2.75, 3.05) is 19.6 Å². The summed E-state index contributed by atoms with van der Waals surface area (Å²) in [4.78, 5) is 11.7. The molecule has 0 spiro atoms. The summed E-state index contributed by atoms with van der Waals surface area (Å²) < 4.78 is 26.3. The van der Waals surface area contributed by atoms with E-state index in [2.05, 4.69) is 15.4 Å². The van der Waals surface area contributed by atoms with Crippen LogP contribution in [0.2, 0.25) is 0 Å². The number of hydrogen-bond donors (Lipinski definition) is 3. The Hall–Kier alpha value is -0.960. The van der Waals surface area contributed by atoms with Crippen LogP contribution in [0.15, 0.2) is 21.7 Å². The maximum atomic E-state index is 11.9. The van der Waals surface area contributed by atoms with Crippen LogP contribution in [0.5, 0.6) is 0 Å².